The molecule has 1 aliphatic carbocycles. The number of rotatable bonds is 6. The minimum atomic E-state index is -0.534. The van der Waals surface area contributed by atoms with Gasteiger partial charge in [0.15, 0.2) is 5.78 Å². The summed E-state index contributed by atoms with van der Waals surface area (Å²) < 4.78 is 6.07. The monoisotopic (exact) mass is 424 g/mol. The minimum absolute atomic E-state index is 0.142. The van der Waals surface area contributed by atoms with Gasteiger partial charge in [-0.05, 0) is 62.1 Å². The van der Waals surface area contributed by atoms with E-state index in [9.17, 15) is 9.59 Å². The van der Waals surface area contributed by atoms with Crippen LogP contribution in [0.3, 0.4) is 0 Å². The molecule has 7 heteroatoms. The Hall–Kier alpha value is -2.90. The fraction of sp³-hybridized carbons (Fsp3) is 0.417. The zero-order valence-corrected chi connectivity index (χ0v) is 18.6. The van der Waals surface area contributed by atoms with E-state index in [1.54, 1.807) is 6.07 Å². The maximum absolute atomic E-state index is 12.8. The number of aryl methyl sites for hydroxylation is 2. The maximum atomic E-state index is 12.8. The van der Waals surface area contributed by atoms with Crippen molar-refractivity contribution in [1.29, 1.82) is 0 Å². The standard InChI is InChI=1S/C24H32N4O3/c1-16-8-7-11-21(28(26)24(30)27(3)25)20(16)15-31-22-13-12-19(14-17(22)2)23(29)18-9-5-4-6-10-18/h7-8,11-14,18H,4-6,9-10,15,25-26H2,1-3H3. The summed E-state index contributed by atoms with van der Waals surface area (Å²) in [5.74, 6) is 12.6. The smallest absolute Gasteiger partial charge is 0.352 e. The number of anilines is 1. The van der Waals surface area contributed by atoms with Crippen LogP contribution in [0.5, 0.6) is 5.75 Å². The second-order valence-corrected chi connectivity index (χ2v) is 8.30. The van der Waals surface area contributed by atoms with Crippen molar-refractivity contribution in [3.63, 3.8) is 0 Å². The normalized spacial score (nSPS) is 14.2. The van der Waals surface area contributed by atoms with Crippen molar-refractivity contribution in [2.45, 2.75) is 52.6 Å². The summed E-state index contributed by atoms with van der Waals surface area (Å²) in [6.45, 7) is 4.10. The number of hydrazine groups is 2. The van der Waals surface area contributed by atoms with E-state index in [1.807, 2.05) is 44.2 Å². The molecule has 1 fully saturated rings. The third kappa shape index (κ3) is 5.24. The SMILES string of the molecule is Cc1cc(C(=O)C2CCCCC2)ccc1OCc1c(C)cccc1N(N)C(=O)N(C)N. The number of Topliss-reactive ketones (excluding diaryl/α,β-unsaturated/α-hetero) is 1. The second kappa shape index (κ2) is 9.94. The quantitative estimate of drug-likeness (QED) is 0.312. The van der Waals surface area contributed by atoms with Crippen LogP contribution in [-0.4, -0.2) is 23.9 Å². The van der Waals surface area contributed by atoms with Crippen LogP contribution in [0.25, 0.3) is 0 Å². The van der Waals surface area contributed by atoms with Gasteiger partial charge >= 0.3 is 6.03 Å². The Morgan fingerprint density at radius 1 is 1.03 bits per heavy atom. The number of hydrogen-bond donors (Lipinski definition) is 2. The van der Waals surface area contributed by atoms with Crippen molar-refractivity contribution >= 4 is 17.5 Å². The molecule has 4 N–H and O–H groups in total. The lowest BCUT2D eigenvalue weighted by molar-refractivity contribution is 0.0889. The lowest BCUT2D eigenvalue weighted by atomic mass is 9.83. The van der Waals surface area contributed by atoms with Crippen molar-refractivity contribution in [1.82, 2.24) is 5.01 Å². The zero-order valence-electron chi connectivity index (χ0n) is 18.6. The molecule has 2 aromatic rings. The van der Waals surface area contributed by atoms with E-state index in [2.05, 4.69) is 0 Å². The highest BCUT2D eigenvalue weighted by molar-refractivity contribution is 5.98. The molecule has 0 heterocycles. The van der Waals surface area contributed by atoms with Gasteiger partial charge in [-0.1, -0.05) is 31.4 Å². The van der Waals surface area contributed by atoms with Gasteiger partial charge in [0.1, 0.15) is 12.4 Å². The van der Waals surface area contributed by atoms with Crippen LogP contribution >= 0.6 is 0 Å². The first kappa shape index (κ1) is 22.8. The van der Waals surface area contributed by atoms with E-state index in [1.165, 1.54) is 13.5 Å². The van der Waals surface area contributed by atoms with Crippen LogP contribution in [0.2, 0.25) is 0 Å². The predicted molar refractivity (Wildman–Crippen MR) is 122 cm³/mol. The molecular formula is C24H32N4O3. The summed E-state index contributed by atoms with van der Waals surface area (Å²) in [6.07, 6.45) is 5.47. The van der Waals surface area contributed by atoms with Crippen molar-refractivity contribution in [3.8, 4) is 5.75 Å². The molecule has 0 spiro atoms. The van der Waals surface area contributed by atoms with Gasteiger partial charge in [-0.2, -0.15) is 0 Å². The van der Waals surface area contributed by atoms with Crippen LogP contribution in [-0.2, 0) is 6.61 Å². The third-order valence-electron chi connectivity index (χ3n) is 5.96. The van der Waals surface area contributed by atoms with Gasteiger partial charge in [-0.3, -0.25) is 9.80 Å². The summed E-state index contributed by atoms with van der Waals surface area (Å²) in [5.41, 5.74) is 3.92. The molecule has 1 saturated carbocycles. The number of ether oxygens (including phenoxy) is 1. The van der Waals surface area contributed by atoms with Gasteiger partial charge in [-0.15, -0.1) is 0 Å². The zero-order chi connectivity index (χ0) is 22.5. The van der Waals surface area contributed by atoms with Gasteiger partial charge in [0, 0.05) is 24.1 Å². The van der Waals surface area contributed by atoms with Crippen LogP contribution < -0.4 is 21.4 Å². The van der Waals surface area contributed by atoms with Gasteiger partial charge in [0.25, 0.3) is 0 Å². The fourth-order valence-corrected chi connectivity index (χ4v) is 4.09. The highest BCUT2D eigenvalue weighted by Crippen LogP contribution is 2.30. The molecule has 0 unspecified atom stereocenters. The van der Waals surface area contributed by atoms with Gasteiger partial charge in [0.2, 0.25) is 0 Å². The molecule has 2 aromatic carbocycles. The fourth-order valence-electron chi connectivity index (χ4n) is 4.09. The van der Waals surface area contributed by atoms with Gasteiger partial charge in [-0.25, -0.2) is 21.5 Å². The highest BCUT2D eigenvalue weighted by atomic mass is 16.5. The predicted octanol–water partition coefficient (Wildman–Crippen LogP) is 4.25. The van der Waals surface area contributed by atoms with Crippen molar-refractivity contribution in [2.75, 3.05) is 12.1 Å². The summed E-state index contributed by atoms with van der Waals surface area (Å²) >= 11 is 0. The molecule has 166 valence electrons. The van der Waals surface area contributed by atoms with E-state index in [4.69, 9.17) is 16.4 Å². The average molecular weight is 425 g/mol. The van der Waals surface area contributed by atoms with Gasteiger partial charge < -0.3 is 4.74 Å². The van der Waals surface area contributed by atoms with Gasteiger partial charge in [0.05, 0.1) is 5.69 Å². The number of hydrogen-bond acceptors (Lipinski definition) is 5. The third-order valence-corrected chi connectivity index (χ3v) is 5.96. The molecule has 2 amide bonds. The first-order valence-corrected chi connectivity index (χ1v) is 10.7. The minimum Gasteiger partial charge on any atom is -0.489 e. The Labute approximate surface area is 183 Å². The molecule has 31 heavy (non-hydrogen) atoms. The number of urea groups is 1. The van der Waals surface area contributed by atoms with Crippen molar-refractivity contribution in [3.05, 3.63) is 58.7 Å². The average Bonchev–Trinajstić information content (AvgIpc) is 2.77. The Bertz CT molecular complexity index is 952. The molecule has 3 rings (SSSR count). The Kier molecular flexibility index (Phi) is 7.30. The molecule has 0 aromatic heterocycles. The largest absolute Gasteiger partial charge is 0.489 e. The number of nitrogens with zero attached hydrogens (tertiary/aromatic N) is 2. The highest BCUT2D eigenvalue weighted by Gasteiger charge is 2.23. The van der Waals surface area contributed by atoms with E-state index in [0.29, 0.717) is 11.4 Å². The number of ketones is 1. The van der Waals surface area contributed by atoms with Crippen LogP contribution in [0.15, 0.2) is 36.4 Å². The van der Waals surface area contributed by atoms with Crippen molar-refractivity contribution < 1.29 is 14.3 Å². The van der Waals surface area contributed by atoms with E-state index >= 15 is 0 Å². The molecule has 0 saturated heterocycles. The first-order valence-electron chi connectivity index (χ1n) is 10.7. The first-order chi connectivity index (χ1) is 14.8. The van der Waals surface area contributed by atoms with Crippen LogP contribution in [0, 0.1) is 19.8 Å². The van der Waals surface area contributed by atoms with Crippen molar-refractivity contribution in [2.24, 2.45) is 17.6 Å². The number of carbonyl (C=O) groups excluding carboxylic acids is 2. The molecule has 0 radical (unpaired) electrons. The van der Waals surface area contributed by atoms with Crippen LogP contribution in [0.4, 0.5) is 10.5 Å². The summed E-state index contributed by atoms with van der Waals surface area (Å²) in [7, 11) is 1.44. The number of amides is 2. The van der Waals surface area contributed by atoms with E-state index < -0.39 is 6.03 Å². The summed E-state index contributed by atoms with van der Waals surface area (Å²) in [5, 5.41) is 1.95. The van der Waals surface area contributed by atoms with E-state index in [0.717, 1.165) is 58.0 Å². The Balaban J connectivity index is 1.76. The summed E-state index contributed by atoms with van der Waals surface area (Å²) in [6, 6.07) is 10.6. The Morgan fingerprint density at radius 3 is 2.39 bits per heavy atom. The molecule has 0 aliphatic heterocycles. The number of carbonyl (C=O) groups is 2. The molecule has 1 aliphatic rings. The second-order valence-electron chi connectivity index (χ2n) is 8.30. The number of benzene rings is 2. The molecular weight excluding hydrogens is 392 g/mol. The van der Waals surface area contributed by atoms with E-state index in [-0.39, 0.29) is 18.3 Å². The molecule has 7 nitrogen and oxygen atoms in total. The maximum Gasteiger partial charge on any atom is 0.352 e. The topological polar surface area (TPSA) is 102 Å². The molecule has 0 bridgehead atoms. The summed E-state index contributed by atoms with van der Waals surface area (Å²) in [4.78, 5) is 25.0. The Morgan fingerprint density at radius 2 is 1.74 bits per heavy atom. The molecule has 0 atom stereocenters. The lowest BCUT2D eigenvalue weighted by Gasteiger charge is -2.24. The number of nitrogens with two attached hydrogens (primary N) is 2. The lowest BCUT2D eigenvalue weighted by Crippen LogP contribution is -2.49. The van der Waals surface area contributed by atoms with Crippen LogP contribution in [0.1, 0.15) is 59.2 Å².